The molecular weight excluding hydrogens is 1730 g/mol. The van der Waals surface area contributed by atoms with E-state index in [1.54, 1.807) is 164 Å². The molecule has 0 radical (unpaired) electrons. The smallest absolute Gasteiger partial charge is 0.237 e. The quantitative estimate of drug-likeness (QED) is 0.0230. The number of phenols is 8. The summed E-state index contributed by atoms with van der Waals surface area (Å²) in [4.78, 5) is 191. The fraction of sp³-hybridized carbons (Fsp3) is 0. The first-order valence-corrected chi connectivity index (χ1v) is 41.6. The molecule has 16 aromatic rings. The van der Waals surface area contributed by atoms with Crippen LogP contribution in [0.4, 0.5) is 0 Å². The van der Waals surface area contributed by atoms with Crippen LogP contribution in [-0.2, 0) is 0 Å². The van der Waals surface area contributed by atoms with Crippen molar-refractivity contribution in [3.8, 4) is 57.1 Å². The standard InChI is InChI=1S/C14H8O4.C14H6O4.C14H8O4.C14H6O4.C14H10O2.C14H8O2.C14H10O2.C14H8O2/c2*15-9-5-6-10(16)12-11(9)13(17)7-3-1-2-4-8(7)14(12)18;2*15-10-6-5-9-11(14(10)18)13(17)8-4-2-1-3-7(8)12(9)16;2*15-13-11-7-3-1-5-9(11)10-6-2-4-8-12(10)14(13)16;2*15-13-9-5-1-2-6-10(9)14(16)12-8-4-3-7-11(12)13/h1-6,15-16H;1-6H;1-6,15,18H;1-6H;1-8,15-16H;1-8H;1-8,15-16H;1-8H. The van der Waals surface area contributed by atoms with Crippen molar-refractivity contribution in [1.29, 1.82) is 0 Å². The zero-order chi connectivity index (χ0) is 95.9. The van der Waals surface area contributed by atoms with Crippen molar-refractivity contribution in [3.63, 3.8) is 0 Å². The minimum absolute atomic E-state index is 0.0169. The van der Waals surface area contributed by atoms with Gasteiger partial charge in [-0.05, 0) is 70.4 Å². The van der Waals surface area contributed by atoms with E-state index >= 15 is 0 Å². The first-order valence-electron chi connectivity index (χ1n) is 41.6. The van der Waals surface area contributed by atoms with Crippen LogP contribution in [-0.4, -0.2) is 87.1 Å². The van der Waals surface area contributed by atoms with Gasteiger partial charge in [0.15, 0.2) is 90.3 Å². The molecule has 0 amide bonds. The number of ketones is 8. The maximum absolute atomic E-state index is 12.2. The van der Waals surface area contributed by atoms with E-state index in [1.165, 1.54) is 72.8 Å². The van der Waals surface area contributed by atoms with E-state index < -0.39 is 83.8 Å². The van der Waals surface area contributed by atoms with Crippen LogP contribution < -0.4 is 43.4 Å². The summed E-state index contributed by atoms with van der Waals surface area (Å²) in [6.45, 7) is 0. The average molecular weight is 1790 g/mol. The molecule has 136 heavy (non-hydrogen) atoms. The molecule has 8 aliphatic carbocycles. The molecule has 0 fully saturated rings. The molecule has 0 bridgehead atoms. The Labute approximate surface area is 763 Å². The van der Waals surface area contributed by atoms with E-state index in [9.17, 15) is 118 Å². The van der Waals surface area contributed by atoms with Crippen molar-refractivity contribution >= 4 is 111 Å². The molecule has 0 aromatic heterocycles. The van der Waals surface area contributed by atoms with Gasteiger partial charge in [-0.2, -0.15) is 0 Å². The first kappa shape index (κ1) is 88.7. The summed E-state index contributed by atoms with van der Waals surface area (Å²) in [5, 5.41) is 84.5. The van der Waals surface area contributed by atoms with Gasteiger partial charge in [-0.15, -0.1) is 0 Å². The molecule has 24 heteroatoms. The molecule has 0 spiro atoms. The minimum Gasteiger partial charge on any atom is -0.507 e. The first-order chi connectivity index (χ1) is 65.6. The van der Waals surface area contributed by atoms with Crippen molar-refractivity contribution in [2.45, 2.75) is 0 Å². The third-order valence-corrected chi connectivity index (χ3v) is 23.5. The number of carbonyl (C=O) groups excluding carboxylic acids is 8. The largest absolute Gasteiger partial charge is 0.507 e. The van der Waals surface area contributed by atoms with Crippen molar-refractivity contribution in [3.05, 3.63) is 520 Å². The molecule has 0 unspecified atom stereocenters. The number of Topliss-reactive ketones (excluding diaryl/α,β-unsaturated/α-hetero) is 2. The Balaban J connectivity index is 0.000000108. The highest BCUT2D eigenvalue weighted by atomic mass is 16.3. The molecule has 0 atom stereocenters. The lowest BCUT2D eigenvalue weighted by Crippen LogP contribution is -2.31. The third kappa shape index (κ3) is 15.5. The predicted octanol–water partition coefficient (Wildman–Crippen LogP) is 15.5. The van der Waals surface area contributed by atoms with Crippen molar-refractivity contribution < 1.29 is 79.2 Å². The summed E-state index contributed by atoms with van der Waals surface area (Å²) in [6, 6.07) is 92.5. The Morgan fingerprint density at radius 3 is 0.684 bits per heavy atom. The van der Waals surface area contributed by atoms with Gasteiger partial charge in [0, 0.05) is 120 Å². The number of benzene rings is 16. The molecule has 0 aliphatic heterocycles. The Morgan fingerprint density at radius 1 is 0.132 bits per heavy atom. The molecule has 24 rings (SSSR count). The van der Waals surface area contributed by atoms with Gasteiger partial charge >= 0.3 is 0 Å². The number of aromatic hydroxyl groups is 8. The Bertz CT molecular complexity index is 8710. The van der Waals surface area contributed by atoms with Gasteiger partial charge < -0.3 is 40.9 Å². The normalized spacial score (nSPS) is 12.1. The van der Waals surface area contributed by atoms with Crippen molar-refractivity contribution in [1.82, 2.24) is 0 Å². The lowest BCUT2D eigenvalue weighted by Gasteiger charge is -2.18. The van der Waals surface area contributed by atoms with Gasteiger partial charge in [-0.3, -0.25) is 76.7 Å². The van der Waals surface area contributed by atoms with E-state index in [0.717, 1.165) is 40.1 Å². The highest BCUT2D eigenvalue weighted by molar-refractivity contribution is 6.53. The Hall–Kier alpha value is -19.4. The van der Waals surface area contributed by atoms with Crippen LogP contribution in [0.3, 0.4) is 0 Å². The Morgan fingerprint density at radius 2 is 0.360 bits per heavy atom. The van der Waals surface area contributed by atoms with Gasteiger partial charge in [0.25, 0.3) is 0 Å². The van der Waals surface area contributed by atoms with Crippen LogP contribution in [0.1, 0.15) is 116 Å². The van der Waals surface area contributed by atoms with E-state index in [4.69, 9.17) is 0 Å². The summed E-state index contributed by atoms with van der Waals surface area (Å²) in [6.07, 6.45) is 0. The minimum atomic E-state index is -0.902. The van der Waals surface area contributed by atoms with Crippen LogP contribution in [0, 0.1) is 20.9 Å². The second-order valence-electron chi connectivity index (χ2n) is 31.2. The monoisotopic (exact) mass is 1790 g/mol. The van der Waals surface area contributed by atoms with Crippen LogP contribution >= 0.6 is 0 Å². The topological polar surface area (TPSA) is 435 Å². The maximum atomic E-state index is 12.2. The summed E-state index contributed by atoms with van der Waals surface area (Å²) >= 11 is 0. The van der Waals surface area contributed by atoms with Gasteiger partial charge in [-0.25, -0.2) is 0 Å². The molecule has 8 N–H and O–H groups in total. The highest BCUT2D eigenvalue weighted by Gasteiger charge is 2.36. The van der Waals surface area contributed by atoms with Crippen LogP contribution in [0.2, 0.25) is 0 Å². The van der Waals surface area contributed by atoms with E-state index in [-0.39, 0.29) is 133 Å². The average Bonchev–Trinajstić information content (AvgIpc) is 0.744. The van der Waals surface area contributed by atoms with Crippen LogP contribution in [0.5, 0.6) is 46.0 Å². The Kier molecular flexibility index (Phi) is 23.7. The second kappa shape index (κ2) is 36.3. The lowest BCUT2D eigenvalue weighted by molar-refractivity contribution is 0.0815. The predicted molar refractivity (Wildman–Crippen MR) is 509 cm³/mol. The molecular formula is C112H64O24. The van der Waals surface area contributed by atoms with Gasteiger partial charge in [0.1, 0.15) is 23.0 Å². The third-order valence-electron chi connectivity index (χ3n) is 23.5. The molecule has 0 heterocycles. The summed E-state index contributed by atoms with van der Waals surface area (Å²) < 4.78 is 0. The fourth-order valence-electron chi connectivity index (χ4n) is 17.0. The van der Waals surface area contributed by atoms with Crippen molar-refractivity contribution in [2.24, 2.45) is 0 Å². The molecule has 16 aromatic carbocycles. The molecule has 0 saturated heterocycles. The molecule has 24 nitrogen and oxygen atoms in total. The van der Waals surface area contributed by atoms with E-state index in [1.807, 2.05) is 84.9 Å². The highest BCUT2D eigenvalue weighted by Crippen LogP contribution is 2.45. The van der Waals surface area contributed by atoms with Gasteiger partial charge in [0.2, 0.25) is 22.4 Å². The number of phenolic OH excluding ortho intramolecular Hbond substituents is 8. The van der Waals surface area contributed by atoms with E-state index in [2.05, 4.69) is 0 Å². The number of hydrogen-bond acceptors (Lipinski definition) is 24. The number of carbonyl (C=O) groups is 8. The zero-order valence-electron chi connectivity index (χ0n) is 70.4. The van der Waals surface area contributed by atoms with Crippen LogP contribution in [0.25, 0.3) is 75.8 Å². The van der Waals surface area contributed by atoms with E-state index in [0.29, 0.717) is 71.3 Å². The van der Waals surface area contributed by atoms with Crippen molar-refractivity contribution in [2.75, 3.05) is 0 Å². The summed E-state index contributed by atoms with van der Waals surface area (Å²) in [7, 11) is 0. The maximum Gasteiger partial charge on any atom is 0.237 e. The number of rotatable bonds is 0. The van der Waals surface area contributed by atoms with Gasteiger partial charge in [-0.1, -0.05) is 291 Å². The van der Waals surface area contributed by atoms with Crippen LogP contribution in [0.15, 0.2) is 378 Å². The summed E-state index contributed by atoms with van der Waals surface area (Å²) in [5.74, 6) is -3.80. The zero-order valence-corrected chi connectivity index (χ0v) is 70.4. The summed E-state index contributed by atoms with van der Waals surface area (Å²) in [5.41, 5.74) is 0.640. The molecule has 0 saturated carbocycles. The molecule has 8 aliphatic rings. The fourth-order valence-corrected chi connectivity index (χ4v) is 17.0. The lowest BCUT2D eigenvalue weighted by atomic mass is 9.83. The number of fused-ring (bicyclic) bond motifs is 16. The number of hydrogen-bond donors (Lipinski definition) is 8. The van der Waals surface area contributed by atoms with Gasteiger partial charge in [0.05, 0.1) is 32.3 Å². The second-order valence-corrected chi connectivity index (χ2v) is 31.2. The SMILES string of the molecule is O=C1C(=O)c2ccccc2-c2ccccc21.O=C1c2ccccc2C(=O)c2c(O)ccc(O)c21.O=C1c2ccccc2C(=O)c2c1ccc(O)c2O.O=C1c2ccccc2C(=O)c2ccccc21.O=c1ccc(=O)c2c(=O)c3ccccc3c(=O)c1=2.O=c1ccc2c(=O)c3ccccc3c(=O)c=2c1=O.Oc1c(O)c2ccccc2c2ccccc12.Oc1c2ccccc2c(O)c2ccccc12. The molecule has 656 valence electrons.